The number of hydrogen-bond acceptors (Lipinski definition) is 2. The van der Waals surface area contributed by atoms with Crippen molar-refractivity contribution in [2.45, 2.75) is 5.60 Å². The van der Waals surface area contributed by atoms with Gasteiger partial charge in [0, 0.05) is 36.8 Å². The van der Waals surface area contributed by atoms with E-state index in [-0.39, 0.29) is 5.78 Å². The molecule has 0 amide bonds. The number of fused-ring (bicyclic) bond motifs is 2. The van der Waals surface area contributed by atoms with Crippen LogP contribution in [0, 0.1) is 0 Å². The second kappa shape index (κ2) is 7.31. The smallest absolute Gasteiger partial charge is 0.193 e. The topological polar surface area (TPSA) is 37.3 Å². The molecule has 0 spiro atoms. The molecule has 4 aromatic rings. The Morgan fingerprint density at radius 3 is 2.03 bits per heavy atom. The van der Waals surface area contributed by atoms with Crippen LogP contribution in [0.4, 0.5) is 0 Å². The van der Waals surface area contributed by atoms with Gasteiger partial charge in [0.1, 0.15) is 5.60 Å². The number of benzene rings is 4. The molecule has 2 nitrogen and oxygen atoms in total. The van der Waals surface area contributed by atoms with E-state index in [9.17, 15) is 9.90 Å². The van der Waals surface area contributed by atoms with Crippen LogP contribution in [-0.4, -0.2) is 10.9 Å². The fourth-order valence-corrected chi connectivity index (χ4v) is 5.00. The van der Waals surface area contributed by atoms with E-state index in [0.29, 0.717) is 22.3 Å². The summed E-state index contributed by atoms with van der Waals surface area (Å²) in [6, 6.07) is 28.8. The van der Waals surface area contributed by atoms with Gasteiger partial charge in [0.05, 0.1) is 0 Å². The van der Waals surface area contributed by atoms with E-state index in [1.807, 2.05) is 78.9 Å². The largest absolute Gasteiger partial charge is 0.376 e. The second-order valence-electron chi connectivity index (χ2n) is 7.33. The van der Waals surface area contributed by atoms with E-state index in [0.717, 1.165) is 25.6 Å². The fraction of sp³-hybridized carbons (Fsp3) is 0.0385. The Labute approximate surface area is 191 Å². The second-order valence-corrected chi connectivity index (χ2v) is 9.16. The molecular weight excluding hydrogens is 504 g/mol. The van der Waals surface area contributed by atoms with Crippen molar-refractivity contribution in [1.29, 1.82) is 0 Å². The first-order chi connectivity index (χ1) is 14.5. The zero-order chi connectivity index (χ0) is 20.9. The quantitative estimate of drug-likeness (QED) is 0.319. The standard InChI is InChI=1S/C26H16Br2O2/c27-17-11-13-23-21(14-17)25(29)20-12-10-18(28)15-24(20)26(23,30)22-9-5-4-8-19(22)16-6-2-1-3-7-16/h1-15,30H. The number of carbonyl (C=O) groups is 1. The molecule has 1 unspecified atom stereocenters. The van der Waals surface area contributed by atoms with Crippen LogP contribution in [0.15, 0.2) is 99.9 Å². The number of carbonyl (C=O) groups excluding carboxylic acids is 1. The van der Waals surface area contributed by atoms with Crippen molar-refractivity contribution >= 4 is 37.6 Å². The predicted molar refractivity (Wildman–Crippen MR) is 126 cm³/mol. The zero-order valence-electron chi connectivity index (χ0n) is 15.8. The highest BCUT2D eigenvalue weighted by Crippen LogP contribution is 2.48. The molecule has 4 heteroatoms. The third-order valence-electron chi connectivity index (χ3n) is 5.63. The Kier molecular flexibility index (Phi) is 4.73. The first-order valence-electron chi connectivity index (χ1n) is 9.52. The molecule has 0 aliphatic heterocycles. The maximum absolute atomic E-state index is 13.3. The summed E-state index contributed by atoms with van der Waals surface area (Å²) in [7, 11) is 0. The lowest BCUT2D eigenvalue weighted by Gasteiger charge is -2.37. The first-order valence-corrected chi connectivity index (χ1v) is 11.1. The number of aliphatic hydroxyl groups is 1. The van der Waals surface area contributed by atoms with Crippen molar-refractivity contribution in [3.63, 3.8) is 0 Å². The number of halogens is 2. The minimum Gasteiger partial charge on any atom is -0.376 e. The lowest BCUT2D eigenvalue weighted by Crippen LogP contribution is -2.37. The van der Waals surface area contributed by atoms with Crippen LogP contribution >= 0.6 is 31.9 Å². The summed E-state index contributed by atoms with van der Waals surface area (Å²) in [5.41, 5.74) is 3.38. The maximum Gasteiger partial charge on any atom is 0.193 e. The van der Waals surface area contributed by atoms with Crippen molar-refractivity contribution in [3.8, 4) is 11.1 Å². The average Bonchev–Trinajstić information content (AvgIpc) is 2.78. The van der Waals surface area contributed by atoms with Gasteiger partial charge in [-0.2, -0.15) is 0 Å². The maximum atomic E-state index is 13.3. The molecule has 1 aliphatic carbocycles. The van der Waals surface area contributed by atoms with Crippen molar-refractivity contribution in [2.75, 3.05) is 0 Å². The van der Waals surface area contributed by atoms with E-state index in [2.05, 4.69) is 31.9 Å². The highest BCUT2D eigenvalue weighted by molar-refractivity contribution is 9.10. The number of rotatable bonds is 2. The van der Waals surface area contributed by atoms with E-state index in [1.165, 1.54) is 0 Å². The van der Waals surface area contributed by atoms with Gasteiger partial charge < -0.3 is 5.11 Å². The van der Waals surface area contributed by atoms with Gasteiger partial charge in [-0.1, -0.05) is 92.5 Å². The minimum atomic E-state index is -1.48. The molecular formula is C26H16Br2O2. The molecule has 0 saturated heterocycles. The third-order valence-corrected chi connectivity index (χ3v) is 6.62. The Hall–Kier alpha value is -2.53. The van der Waals surface area contributed by atoms with Gasteiger partial charge in [-0.25, -0.2) is 0 Å². The summed E-state index contributed by atoms with van der Waals surface area (Å²) in [4.78, 5) is 13.3. The van der Waals surface area contributed by atoms with Crippen LogP contribution in [0.25, 0.3) is 11.1 Å². The van der Waals surface area contributed by atoms with Gasteiger partial charge in [0.2, 0.25) is 0 Å². The van der Waals surface area contributed by atoms with E-state index in [1.54, 1.807) is 12.1 Å². The predicted octanol–water partition coefficient (Wildman–Crippen LogP) is 6.71. The van der Waals surface area contributed by atoms with Crippen molar-refractivity contribution in [2.24, 2.45) is 0 Å². The van der Waals surface area contributed by atoms with E-state index in [4.69, 9.17) is 0 Å². The first kappa shape index (κ1) is 19.4. The van der Waals surface area contributed by atoms with Crippen LogP contribution in [-0.2, 0) is 5.60 Å². The molecule has 1 atom stereocenters. The number of hydrogen-bond donors (Lipinski definition) is 1. The molecule has 0 aromatic heterocycles. The molecule has 146 valence electrons. The van der Waals surface area contributed by atoms with Gasteiger partial charge in [0.15, 0.2) is 5.78 Å². The summed E-state index contributed by atoms with van der Waals surface area (Å²) in [5.74, 6) is -0.0873. The van der Waals surface area contributed by atoms with E-state index >= 15 is 0 Å². The molecule has 30 heavy (non-hydrogen) atoms. The lowest BCUT2D eigenvalue weighted by molar-refractivity contribution is 0.0950. The molecule has 0 fully saturated rings. The molecule has 5 rings (SSSR count). The molecule has 0 radical (unpaired) electrons. The van der Waals surface area contributed by atoms with Gasteiger partial charge in [-0.3, -0.25) is 4.79 Å². The molecule has 4 aromatic carbocycles. The normalized spacial score (nSPS) is 17.4. The summed E-state index contributed by atoms with van der Waals surface area (Å²) in [5, 5.41) is 12.4. The Bertz CT molecular complexity index is 1300. The van der Waals surface area contributed by atoms with Crippen molar-refractivity contribution < 1.29 is 9.90 Å². The molecule has 1 aliphatic rings. The molecule has 0 saturated carbocycles. The monoisotopic (exact) mass is 518 g/mol. The van der Waals surface area contributed by atoms with Crippen LogP contribution in [0.3, 0.4) is 0 Å². The van der Waals surface area contributed by atoms with Gasteiger partial charge in [0.25, 0.3) is 0 Å². The minimum absolute atomic E-state index is 0.0873. The molecule has 1 N–H and O–H groups in total. The summed E-state index contributed by atoms with van der Waals surface area (Å²) >= 11 is 6.99. The highest BCUT2D eigenvalue weighted by Gasteiger charge is 2.45. The average molecular weight is 520 g/mol. The molecule has 0 heterocycles. The van der Waals surface area contributed by atoms with Gasteiger partial charge in [-0.05, 0) is 41.5 Å². The fourth-order valence-electron chi connectivity index (χ4n) is 4.28. The van der Waals surface area contributed by atoms with Gasteiger partial charge >= 0.3 is 0 Å². The van der Waals surface area contributed by atoms with Crippen molar-refractivity contribution in [1.82, 2.24) is 0 Å². The van der Waals surface area contributed by atoms with Crippen molar-refractivity contribution in [3.05, 3.63) is 128 Å². The zero-order valence-corrected chi connectivity index (χ0v) is 18.9. The summed E-state index contributed by atoms with van der Waals surface area (Å²) in [6.07, 6.45) is 0. The van der Waals surface area contributed by atoms with Crippen LogP contribution in [0.5, 0.6) is 0 Å². The SMILES string of the molecule is O=C1c2cc(Br)ccc2C(O)(c2ccccc2-c2ccccc2)c2cc(Br)ccc21. The van der Waals surface area contributed by atoms with Crippen LogP contribution in [0.2, 0.25) is 0 Å². The Morgan fingerprint density at radius 2 is 1.23 bits per heavy atom. The van der Waals surface area contributed by atoms with Crippen LogP contribution in [0.1, 0.15) is 32.6 Å². The highest BCUT2D eigenvalue weighted by atomic mass is 79.9. The van der Waals surface area contributed by atoms with E-state index < -0.39 is 5.60 Å². The van der Waals surface area contributed by atoms with Crippen LogP contribution < -0.4 is 0 Å². The lowest BCUT2D eigenvalue weighted by atomic mass is 9.69. The van der Waals surface area contributed by atoms with Gasteiger partial charge in [-0.15, -0.1) is 0 Å². The molecule has 0 bridgehead atoms. The summed E-state index contributed by atoms with van der Waals surface area (Å²) in [6.45, 7) is 0. The Morgan fingerprint density at radius 1 is 0.600 bits per heavy atom. The third kappa shape index (κ3) is 2.90. The Balaban J connectivity index is 1.89. The number of ketones is 1. The summed E-state index contributed by atoms with van der Waals surface area (Å²) < 4.78 is 1.61.